The van der Waals surface area contributed by atoms with Crippen molar-refractivity contribution >= 4 is 5.91 Å². The molecule has 0 radical (unpaired) electrons. The van der Waals surface area contributed by atoms with E-state index in [1.165, 1.54) is 11.1 Å². The van der Waals surface area contributed by atoms with Crippen LogP contribution in [0, 0.1) is 0 Å². The van der Waals surface area contributed by atoms with E-state index in [1.807, 2.05) is 18.2 Å². The smallest absolute Gasteiger partial charge is 0.238 e. The van der Waals surface area contributed by atoms with Gasteiger partial charge in [-0.05, 0) is 23.7 Å². The zero-order chi connectivity index (χ0) is 15.1. The monoisotopic (exact) mass is 283 g/mol. The molecular weight excluding hydrogens is 262 g/mol. The van der Waals surface area contributed by atoms with E-state index >= 15 is 0 Å². The van der Waals surface area contributed by atoms with Crippen molar-refractivity contribution in [3.63, 3.8) is 0 Å². The minimum Gasteiger partial charge on any atom is -0.298 e. The second-order valence-electron chi connectivity index (χ2n) is 5.22. The third kappa shape index (κ3) is 5.02. The van der Waals surface area contributed by atoms with Crippen molar-refractivity contribution in [3.8, 4) is 0 Å². The fourth-order valence-corrected chi connectivity index (χ4v) is 2.26. The molecule has 2 aromatic carbocycles. The summed E-state index contributed by atoms with van der Waals surface area (Å²) >= 11 is 0. The highest BCUT2D eigenvalue weighted by Gasteiger charge is 2.04. The molecule has 110 valence electrons. The summed E-state index contributed by atoms with van der Waals surface area (Å²) in [5.41, 5.74) is 5.63. The Labute approximate surface area is 125 Å². The molecule has 2 aromatic rings. The average molecular weight is 283 g/mol. The summed E-state index contributed by atoms with van der Waals surface area (Å²) in [4.78, 5) is 13.5. The molecular formula is C17H21N3O. The van der Waals surface area contributed by atoms with Gasteiger partial charge in [-0.1, -0.05) is 54.6 Å². The van der Waals surface area contributed by atoms with Gasteiger partial charge in [-0.2, -0.15) is 0 Å². The lowest BCUT2D eigenvalue weighted by molar-refractivity contribution is -0.120. The van der Waals surface area contributed by atoms with Crippen LogP contribution < -0.4 is 11.3 Å². The van der Waals surface area contributed by atoms with Crippen LogP contribution in [-0.2, 0) is 24.3 Å². The van der Waals surface area contributed by atoms with Crippen molar-refractivity contribution in [1.29, 1.82) is 0 Å². The van der Waals surface area contributed by atoms with Crippen LogP contribution in [-0.4, -0.2) is 17.9 Å². The number of amides is 1. The molecule has 0 unspecified atom stereocenters. The second-order valence-corrected chi connectivity index (χ2v) is 5.22. The van der Waals surface area contributed by atoms with Gasteiger partial charge in [-0.3, -0.25) is 15.1 Å². The molecule has 4 nitrogen and oxygen atoms in total. The van der Waals surface area contributed by atoms with E-state index in [0.717, 1.165) is 18.7 Å². The molecule has 0 saturated heterocycles. The number of hydrogen-bond acceptors (Lipinski definition) is 3. The van der Waals surface area contributed by atoms with E-state index in [0.29, 0.717) is 6.42 Å². The number of nitrogens with zero attached hydrogens (tertiary/aromatic N) is 1. The first-order chi connectivity index (χ1) is 10.2. The maximum absolute atomic E-state index is 11.2. The lowest BCUT2D eigenvalue weighted by Crippen LogP contribution is -2.31. The summed E-state index contributed by atoms with van der Waals surface area (Å²) in [6.07, 6.45) is 0.316. The first kappa shape index (κ1) is 15.2. The summed E-state index contributed by atoms with van der Waals surface area (Å²) in [6, 6.07) is 18.5. The van der Waals surface area contributed by atoms with Crippen molar-refractivity contribution < 1.29 is 4.79 Å². The standard InChI is InChI=1S/C17H21N3O/c1-20(12-15-5-3-2-4-6-15)13-16-9-7-14(8-10-16)11-17(21)19-18/h2-10H,11-13,18H2,1H3,(H,19,21). The molecule has 1 amide bonds. The van der Waals surface area contributed by atoms with Crippen LogP contribution in [0.15, 0.2) is 54.6 Å². The zero-order valence-corrected chi connectivity index (χ0v) is 12.3. The van der Waals surface area contributed by atoms with Gasteiger partial charge in [-0.25, -0.2) is 5.84 Å². The maximum Gasteiger partial charge on any atom is 0.238 e. The van der Waals surface area contributed by atoms with Gasteiger partial charge in [0.15, 0.2) is 0 Å². The van der Waals surface area contributed by atoms with Gasteiger partial charge in [0, 0.05) is 13.1 Å². The Kier molecular flexibility index (Phi) is 5.49. The molecule has 0 aromatic heterocycles. The van der Waals surface area contributed by atoms with Crippen LogP contribution >= 0.6 is 0 Å². The first-order valence-electron chi connectivity index (χ1n) is 6.97. The van der Waals surface area contributed by atoms with E-state index < -0.39 is 0 Å². The van der Waals surface area contributed by atoms with Crippen LogP contribution in [0.4, 0.5) is 0 Å². The second kappa shape index (κ2) is 7.57. The Balaban J connectivity index is 1.89. The number of hydrazine groups is 1. The minimum absolute atomic E-state index is 0.177. The number of carbonyl (C=O) groups is 1. The molecule has 0 heterocycles. The number of carbonyl (C=O) groups excluding carboxylic acids is 1. The number of nitrogens with two attached hydrogens (primary N) is 1. The van der Waals surface area contributed by atoms with Gasteiger partial charge >= 0.3 is 0 Å². The van der Waals surface area contributed by atoms with Crippen LogP contribution in [0.1, 0.15) is 16.7 Å². The summed E-state index contributed by atoms with van der Waals surface area (Å²) < 4.78 is 0. The Hall–Kier alpha value is -2.17. The van der Waals surface area contributed by atoms with Gasteiger partial charge in [0.25, 0.3) is 0 Å². The number of hydrogen-bond donors (Lipinski definition) is 2. The van der Waals surface area contributed by atoms with E-state index in [1.54, 1.807) is 0 Å². The molecule has 2 rings (SSSR count). The molecule has 0 bridgehead atoms. The third-order valence-electron chi connectivity index (χ3n) is 3.30. The molecule has 0 aliphatic carbocycles. The van der Waals surface area contributed by atoms with Crippen molar-refractivity contribution in [1.82, 2.24) is 10.3 Å². The fourth-order valence-electron chi connectivity index (χ4n) is 2.26. The van der Waals surface area contributed by atoms with Crippen LogP contribution in [0.3, 0.4) is 0 Å². The van der Waals surface area contributed by atoms with Gasteiger partial charge in [0.1, 0.15) is 0 Å². The summed E-state index contributed by atoms with van der Waals surface area (Å²) in [5, 5.41) is 0. The van der Waals surface area contributed by atoms with Crippen LogP contribution in [0.25, 0.3) is 0 Å². The van der Waals surface area contributed by atoms with Crippen molar-refractivity contribution in [3.05, 3.63) is 71.3 Å². The molecule has 0 saturated carbocycles. The largest absolute Gasteiger partial charge is 0.298 e. The molecule has 0 fully saturated rings. The van der Waals surface area contributed by atoms with E-state index in [2.05, 4.69) is 53.8 Å². The van der Waals surface area contributed by atoms with Gasteiger partial charge in [0.2, 0.25) is 5.91 Å². The Morgan fingerprint density at radius 2 is 1.48 bits per heavy atom. The fraction of sp³-hybridized carbons (Fsp3) is 0.235. The Morgan fingerprint density at radius 1 is 0.952 bits per heavy atom. The van der Waals surface area contributed by atoms with Crippen LogP contribution in [0.2, 0.25) is 0 Å². The van der Waals surface area contributed by atoms with E-state index in [9.17, 15) is 4.79 Å². The minimum atomic E-state index is -0.177. The lowest BCUT2D eigenvalue weighted by Gasteiger charge is -2.17. The summed E-state index contributed by atoms with van der Waals surface area (Å²) in [6.45, 7) is 1.79. The topological polar surface area (TPSA) is 58.4 Å². The van der Waals surface area contributed by atoms with Crippen molar-refractivity contribution in [2.45, 2.75) is 19.5 Å². The average Bonchev–Trinajstić information content (AvgIpc) is 2.50. The highest BCUT2D eigenvalue weighted by Crippen LogP contribution is 2.10. The lowest BCUT2D eigenvalue weighted by atomic mass is 10.1. The molecule has 0 aliphatic heterocycles. The number of rotatable bonds is 6. The zero-order valence-electron chi connectivity index (χ0n) is 12.3. The molecule has 0 aliphatic rings. The number of nitrogens with one attached hydrogen (secondary N) is 1. The molecule has 0 atom stereocenters. The first-order valence-corrected chi connectivity index (χ1v) is 6.97. The van der Waals surface area contributed by atoms with Gasteiger partial charge in [-0.15, -0.1) is 0 Å². The summed E-state index contributed by atoms with van der Waals surface area (Å²) in [7, 11) is 2.10. The Bertz CT molecular complexity index is 566. The predicted molar refractivity (Wildman–Crippen MR) is 84.1 cm³/mol. The predicted octanol–water partition coefficient (Wildman–Crippen LogP) is 1.85. The van der Waals surface area contributed by atoms with E-state index in [4.69, 9.17) is 5.84 Å². The summed E-state index contributed by atoms with van der Waals surface area (Å²) in [5.74, 6) is 4.91. The van der Waals surface area contributed by atoms with Gasteiger partial charge in [0.05, 0.1) is 6.42 Å². The van der Waals surface area contributed by atoms with E-state index in [-0.39, 0.29) is 5.91 Å². The Morgan fingerprint density at radius 3 is 2.05 bits per heavy atom. The normalized spacial score (nSPS) is 10.6. The molecule has 0 spiro atoms. The number of benzene rings is 2. The maximum atomic E-state index is 11.2. The molecule has 3 N–H and O–H groups in total. The van der Waals surface area contributed by atoms with Crippen molar-refractivity contribution in [2.24, 2.45) is 5.84 Å². The molecule has 21 heavy (non-hydrogen) atoms. The van der Waals surface area contributed by atoms with Crippen LogP contribution in [0.5, 0.6) is 0 Å². The highest BCUT2D eigenvalue weighted by molar-refractivity contribution is 5.77. The highest BCUT2D eigenvalue weighted by atomic mass is 16.2. The quantitative estimate of drug-likeness (QED) is 0.483. The molecule has 4 heteroatoms. The SMILES string of the molecule is CN(Cc1ccccc1)Cc1ccc(CC(=O)NN)cc1. The van der Waals surface area contributed by atoms with Gasteiger partial charge < -0.3 is 0 Å². The van der Waals surface area contributed by atoms with Crippen molar-refractivity contribution in [2.75, 3.05) is 7.05 Å². The third-order valence-corrected chi connectivity index (χ3v) is 3.30.